The first-order valence-electron chi connectivity index (χ1n) is 6.33. The minimum absolute atomic E-state index is 0. The second kappa shape index (κ2) is 5.51. The summed E-state index contributed by atoms with van der Waals surface area (Å²) in [6.07, 6.45) is 1.68. The van der Waals surface area contributed by atoms with Gasteiger partial charge in [-0.1, -0.05) is 32.9 Å². The van der Waals surface area contributed by atoms with Gasteiger partial charge in [-0.3, -0.25) is 4.79 Å². The van der Waals surface area contributed by atoms with Gasteiger partial charge >= 0.3 is 0 Å². The second-order valence-corrected chi connectivity index (χ2v) is 5.78. The molecule has 1 aromatic carbocycles. The fourth-order valence-electron chi connectivity index (χ4n) is 2.03. The van der Waals surface area contributed by atoms with Crippen LogP contribution in [0.1, 0.15) is 32.0 Å². The lowest BCUT2D eigenvalue weighted by Crippen LogP contribution is -2.12. The lowest BCUT2D eigenvalue weighted by molar-refractivity contribution is 0.459. The molecule has 0 saturated heterocycles. The molecule has 0 aliphatic rings. The Labute approximate surface area is 118 Å². The van der Waals surface area contributed by atoms with Crippen molar-refractivity contribution < 1.29 is 10.6 Å². The largest absolute Gasteiger partial charge is 0.503 e. The average molecular weight is 275 g/mol. The molecule has 4 nitrogen and oxygen atoms in total. The van der Waals surface area contributed by atoms with E-state index in [1.54, 1.807) is 13.1 Å². The fourth-order valence-corrected chi connectivity index (χ4v) is 2.03. The van der Waals surface area contributed by atoms with Crippen molar-refractivity contribution in [1.29, 1.82) is 0 Å². The van der Waals surface area contributed by atoms with Crippen molar-refractivity contribution in [3.8, 4) is 11.4 Å². The molecule has 0 aliphatic heterocycles. The maximum atomic E-state index is 11.3. The zero-order valence-electron chi connectivity index (χ0n) is 12.3. The quantitative estimate of drug-likeness (QED) is 0.867. The van der Waals surface area contributed by atoms with Gasteiger partial charge in [0.2, 0.25) is 5.43 Å². The van der Waals surface area contributed by atoms with Crippen LogP contribution in [-0.2, 0) is 5.41 Å². The monoisotopic (exact) mass is 275 g/mol. The Hall–Kier alpha value is -2.07. The van der Waals surface area contributed by atoms with E-state index in [2.05, 4.69) is 32.9 Å². The van der Waals surface area contributed by atoms with Crippen molar-refractivity contribution in [3.05, 3.63) is 58.0 Å². The van der Waals surface area contributed by atoms with E-state index in [4.69, 9.17) is 0 Å². The van der Waals surface area contributed by atoms with E-state index in [0.29, 0.717) is 5.69 Å². The summed E-state index contributed by atoms with van der Waals surface area (Å²) in [5.41, 5.74) is 2.50. The molecule has 1 heterocycles. The number of nitrogens with zero attached hydrogens (tertiary/aromatic N) is 1. The summed E-state index contributed by atoms with van der Waals surface area (Å²) in [4.78, 5) is 11.3. The van der Waals surface area contributed by atoms with Crippen molar-refractivity contribution in [1.82, 2.24) is 4.57 Å². The summed E-state index contributed by atoms with van der Waals surface area (Å²) in [6.45, 7) is 8.23. The number of aromatic nitrogens is 1. The molecule has 0 spiro atoms. The Kier molecular flexibility index (Phi) is 4.40. The third kappa shape index (κ3) is 2.91. The summed E-state index contributed by atoms with van der Waals surface area (Å²) in [5, 5.41) is 9.70. The number of benzene rings is 1. The molecule has 0 radical (unpaired) electrons. The van der Waals surface area contributed by atoms with Gasteiger partial charge < -0.3 is 15.1 Å². The summed E-state index contributed by atoms with van der Waals surface area (Å²) >= 11 is 0. The molecule has 20 heavy (non-hydrogen) atoms. The van der Waals surface area contributed by atoms with E-state index in [-0.39, 0.29) is 22.1 Å². The van der Waals surface area contributed by atoms with E-state index in [0.717, 1.165) is 5.69 Å². The van der Waals surface area contributed by atoms with E-state index in [1.165, 1.54) is 11.6 Å². The number of aromatic hydroxyl groups is 1. The molecule has 108 valence electrons. The van der Waals surface area contributed by atoms with Crippen molar-refractivity contribution >= 4 is 0 Å². The molecular weight excluding hydrogens is 254 g/mol. The zero-order chi connectivity index (χ0) is 14.2. The van der Waals surface area contributed by atoms with Crippen LogP contribution < -0.4 is 5.43 Å². The van der Waals surface area contributed by atoms with Gasteiger partial charge in [0.25, 0.3) is 0 Å². The molecule has 2 aromatic rings. The summed E-state index contributed by atoms with van der Waals surface area (Å²) in [6, 6.07) is 9.52. The predicted octanol–water partition coefficient (Wildman–Crippen LogP) is 2.32. The van der Waals surface area contributed by atoms with Gasteiger partial charge in [0.15, 0.2) is 5.75 Å². The summed E-state index contributed by atoms with van der Waals surface area (Å²) in [7, 11) is 0. The molecule has 3 N–H and O–H groups in total. The lowest BCUT2D eigenvalue weighted by Gasteiger charge is -2.20. The SMILES string of the molecule is Cc1c(O)c(=O)ccn1-c1ccc(C(C)(C)C)cc1.O. The molecule has 0 unspecified atom stereocenters. The van der Waals surface area contributed by atoms with Crippen molar-refractivity contribution in [2.45, 2.75) is 33.1 Å². The Morgan fingerprint density at radius 2 is 1.60 bits per heavy atom. The fraction of sp³-hybridized carbons (Fsp3) is 0.312. The van der Waals surface area contributed by atoms with E-state index in [9.17, 15) is 9.90 Å². The maximum absolute atomic E-state index is 11.3. The topological polar surface area (TPSA) is 73.7 Å². The van der Waals surface area contributed by atoms with Crippen LogP contribution in [0.4, 0.5) is 0 Å². The molecule has 0 amide bonds. The first-order chi connectivity index (χ1) is 8.80. The van der Waals surface area contributed by atoms with Gasteiger partial charge in [-0.15, -0.1) is 0 Å². The Morgan fingerprint density at radius 1 is 1.05 bits per heavy atom. The highest BCUT2D eigenvalue weighted by atomic mass is 16.3. The third-order valence-electron chi connectivity index (χ3n) is 3.32. The smallest absolute Gasteiger partial charge is 0.223 e. The van der Waals surface area contributed by atoms with Crippen LogP contribution in [0.15, 0.2) is 41.3 Å². The van der Waals surface area contributed by atoms with Crippen LogP contribution in [0.2, 0.25) is 0 Å². The van der Waals surface area contributed by atoms with Crippen molar-refractivity contribution in [2.75, 3.05) is 0 Å². The minimum atomic E-state index is -0.347. The van der Waals surface area contributed by atoms with Crippen LogP contribution >= 0.6 is 0 Å². The first-order valence-corrected chi connectivity index (χ1v) is 6.33. The molecule has 0 atom stereocenters. The Morgan fingerprint density at radius 3 is 2.10 bits per heavy atom. The van der Waals surface area contributed by atoms with Crippen LogP contribution in [0, 0.1) is 6.92 Å². The summed E-state index contributed by atoms with van der Waals surface area (Å²) in [5.74, 6) is -0.192. The Balaban J connectivity index is 0.00000200. The van der Waals surface area contributed by atoms with Gasteiger partial charge in [0.1, 0.15) is 0 Å². The number of hydrogen-bond donors (Lipinski definition) is 1. The number of rotatable bonds is 1. The van der Waals surface area contributed by atoms with Gasteiger partial charge in [-0.25, -0.2) is 0 Å². The maximum Gasteiger partial charge on any atom is 0.223 e. The molecule has 0 fully saturated rings. The van der Waals surface area contributed by atoms with Gasteiger partial charge in [0.05, 0.1) is 5.69 Å². The molecule has 0 saturated carbocycles. The Bertz CT molecular complexity index is 649. The molecule has 1 aromatic heterocycles. The van der Waals surface area contributed by atoms with Gasteiger partial charge in [0, 0.05) is 18.0 Å². The van der Waals surface area contributed by atoms with E-state index >= 15 is 0 Å². The van der Waals surface area contributed by atoms with Crippen LogP contribution in [0.3, 0.4) is 0 Å². The molecule has 0 aliphatic carbocycles. The molecule has 0 bridgehead atoms. The van der Waals surface area contributed by atoms with Crippen LogP contribution in [-0.4, -0.2) is 15.1 Å². The van der Waals surface area contributed by atoms with E-state index < -0.39 is 0 Å². The number of pyridine rings is 1. The molecule has 4 heteroatoms. The highest BCUT2D eigenvalue weighted by Gasteiger charge is 2.13. The van der Waals surface area contributed by atoms with Gasteiger partial charge in [-0.2, -0.15) is 0 Å². The highest BCUT2D eigenvalue weighted by molar-refractivity contribution is 5.41. The van der Waals surface area contributed by atoms with E-state index in [1.807, 2.05) is 16.7 Å². The molecular formula is C16H21NO3. The van der Waals surface area contributed by atoms with Crippen molar-refractivity contribution in [2.24, 2.45) is 0 Å². The van der Waals surface area contributed by atoms with Crippen LogP contribution in [0.25, 0.3) is 5.69 Å². The molecule has 2 rings (SSSR count). The predicted molar refractivity (Wildman–Crippen MR) is 80.8 cm³/mol. The highest BCUT2D eigenvalue weighted by Crippen LogP contribution is 2.24. The zero-order valence-corrected chi connectivity index (χ0v) is 12.3. The first kappa shape index (κ1) is 16.0. The van der Waals surface area contributed by atoms with Crippen molar-refractivity contribution in [3.63, 3.8) is 0 Å². The normalized spacial score (nSPS) is 11.0. The van der Waals surface area contributed by atoms with Crippen LogP contribution in [0.5, 0.6) is 5.75 Å². The number of hydrogen-bond acceptors (Lipinski definition) is 2. The summed E-state index contributed by atoms with van der Waals surface area (Å²) < 4.78 is 1.81. The van der Waals surface area contributed by atoms with Gasteiger partial charge in [-0.05, 0) is 30.0 Å². The average Bonchev–Trinajstić information content (AvgIpc) is 2.35. The third-order valence-corrected chi connectivity index (χ3v) is 3.32. The second-order valence-electron chi connectivity index (χ2n) is 5.78. The minimum Gasteiger partial charge on any atom is -0.503 e. The standard InChI is InChI=1S/C16H19NO2.H2O/c1-11-15(19)14(18)9-10-17(11)13-7-5-12(6-8-13)16(2,3)4;/h5-10,19H,1-4H3;1H2. The lowest BCUT2D eigenvalue weighted by atomic mass is 9.87.